The molecule has 32 heavy (non-hydrogen) atoms. The van der Waals surface area contributed by atoms with Crippen LogP contribution in [0.1, 0.15) is 0 Å². The average molecular weight is 428 g/mol. The van der Waals surface area contributed by atoms with Crippen molar-refractivity contribution in [1.29, 1.82) is 0 Å². The van der Waals surface area contributed by atoms with Crippen LogP contribution in [0.4, 0.5) is 5.82 Å². The van der Waals surface area contributed by atoms with E-state index in [2.05, 4.69) is 10.1 Å². The Morgan fingerprint density at radius 3 is 2.25 bits per heavy atom. The first kappa shape index (κ1) is 19.5. The third-order valence-corrected chi connectivity index (χ3v) is 5.24. The standard InChI is InChI=1S/C24H20N4O4/c1-30-19-12-17-18(13-20(19)31-2)26-24(29)21-22(17)27-28(23(21)25)14-8-10-16(11-9-14)32-15-6-4-3-5-7-15/h3-13H,25H2,1-2H3,(H,26,29). The highest BCUT2D eigenvalue weighted by atomic mass is 16.5. The van der Waals surface area contributed by atoms with E-state index in [0.717, 1.165) is 5.75 Å². The number of ether oxygens (including phenoxy) is 3. The van der Waals surface area contributed by atoms with E-state index in [1.807, 2.05) is 54.6 Å². The van der Waals surface area contributed by atoms with Crippen molar-refractivity contribution in [3.8, 4) is 28.7 Å². The molecule has 0 aliphatic rings. The number of nitrogen functional groups attached to an aromatic ring is 1. The molecule has 8 heteroatoms. The second-order valence-corrected chi connectivity index (χ2v) is 7.14. The lowest BCUT2D eigenvalue weighted by Gasteiger charge is -2.09. The predicted octanol–water partition coefficient (Wildman–Crippen LogP) is 4.26. The molecule has 0 saturated carbocycles. The number of fused-ring (bicyclic) bond motifs is 3. The molecule has 0 aliphatic carbocycles. The Balaban J connectivity index is 1.62. The molecule has 0 amide bonds. The van der Waals surface area contributed by atoms with Gasteiger partial charge in [0.1, 0.15) is 28.2 Å². The molecule has 0 fully saturated rings. The summed E-state index contributed by atoms with van der Waals surface area (Å²) in [6.45, 7) is 0. The number of hydrogen-bond acceptors (Lipinski definition) is 6. The molecule has 0 spiro atoms. The summed E-state index contributed by atoms with van der Waals surface area (Å²) in [5.74, 6) is 2.71. The zero-order valence-corrected chi connectivity index (χ0v) is 17.5. The van der Waals surface area contributed by atoms with Gasteiger partial charge in [0.2, 0.25) is 0 Å². The van der Waals surface area contributed by atoms with Gasteiger partial charge >= 0.3 is 0 Å². The summed E-state index contributed by atoms with van der Waals surface area (Å²) in [4.78, 5) is 15.6. The van der Waals surface area contributed by atoms with Crippen molar-refractivity contribution in [2.45, 2.75) is 0 Å². The number of anilines is 1. The van der Waals surface area contributed by atoms with E-state index < -0.39 is 0 Å². The van der Waals surface area contributed by atoms with Crippen LogP contribution in [0.2, 0.25) is 0 Å². The Hall–Kier alpha value is -4.46. The number of methoxy groups -OCH3 is 2. The summed E-state index contributed by atoms with van der Waals surface area (Å²) in [6.07, 6.45) is 0. The van der Waals surface area contributed by atoms with Crippen LogP contribution in [0.15, 0.2) is 71.5 Å². The number of rotatable bonds is 5. The zero-order chi connectivity index (χ0) is 22.2. The lowest BCUT2D eigenvalue weighted by Crippen LogP contribution is -2.08. The van der Waals surface area contributed by atoms with Crippen molar-refractivity contribution >= 4 is 27.6 Å². The van der Waals surface area contributed by atoms with Crippen LogP contribution < -0.4 is 25.5 Å². The van der Waals surface area contributed by atoms with Crippen molar-refractivity contribution in [1.82, 2.24) is 14.8 Å². The highest BCUT2D eigenvalue weighted by Crippen LogP contribution is 2.35. The Morgan fingerprint density at radius 2 is 1.56 bits per heavy atom. The van der Waals surface area contributed by atoms with Gasteiger partial charge in [-0.1, -0.05) is 18.2 Å². The lowest BCUT2D eigenvalue weighted by atomic mass is 10.1. The van der Waals surface area contributed by atoms with Gasteiger partial charge in [0.25, 0.3) is 5.56 Å². The fourth-order valence-corrected chi connectivity index (χ4v) is 3.68. The van der Waals surface area contributed by atoms with Crippen LogP contribution in [0.3, 0.4) is 0 Å². The van der Waals surface area contributed by atoms with E-state index in [9.17, 15) is 4.79 Å². The first-order valence-electron chi connectivity index (χ1n) is 9.88. The third-order valence-electron chi connectivity index (χ3n) is 5.24. The highest BCUT2D eigenvalue weighted by molar-refractivity contribution is 6.07. The van der Waals surface area contributed by atoms with Gasteiger partial charge in [0.05, 0.1) is 25.4 Å². The van der Waals surface area contributed by atoms with Crippen molar-refractivity contribution in [2.75, 3.05) is 20.0 Å². The molecule has 0 aliphatic heterocycles. The minimum atomic E-state index is -0.326. The smallest absolute Gasteiger partial charge is 0.261 e. The van der Waals surface area contributed by atoms with Gasteiger partial charge in [-0.3, -0.25) is 4.79 Å². The number of nitrogens with zero attached hydrogens (tertiary/aromatic N) is 2. The Kier molecular flexibility index (Phi) is 4.67. The fourth-order valence-electron chi connectivity index (χ4n) is 3.68. The van der Waals surface area contributed by atoms with Gasteiger partial charge in [-0.05, 0) is 42.5 Å². The zero-order valence-electron chi connectivity index (χ0n) is 17.5. The third kappa shape index (κ3) is 3.18. The number of benzene rings is 3. The molecule has 2 heterocycles. The van der Waals surface area contributed by atoms with E-state index in [-0.39, 0.29) is 11.4 Å². The van der Waals surface area contributed by atoms with Gasteiger partial charge in [-0.15, -0.1) is 0 Å². The molecule has 8 nitrogen and oxygen atoms in total. The van der Waals surface area contributed by atoms with Gasteiger partial charge in [-0.25, -0.2) is 4.68 Å². The molecular weight excluding hydrogens is 408 g/mol. The second-order valence-electron chi connectivity index (χ2n) is 7.14. The first-order chi connectivity index (χ1) is 15.6. The number of aromatic amines is 1. The van der Waals surface area contributed by atoms with Crippen LogP contribution in [-0.2, 0) is 0 Å². The summed E-state index contributed by atoms with van der Waals surface area (Å²) in [7, 11) is 3.09. The molecular formula is C24H20N4O4. The Morgan fingerprint density at radius 1 is 0.906 bits per heavy atom. The fraction of sp³-hybridized carbons (Fsp3) is 0.0833. The lowest BCUT2D eigenvalue weighted by molar-refractivity contribution is 0.356. The number of nitrogens with two attached hydrogens (primary N) is 1. The van der Waals surface area contributed by atoms with Crippen molar-refractivity contribution in [3.63, 3.8) is 0 Å². The Bertz CT molecular complexity index is 1490. The van der Waals surface area contributed by atoms with Gasteiger partial charge in [0.15, 0.2) is 11.5 Å². The average Bonchev–Trinajstić information content (AvgIpc) is 3.17. The van der Waals surface area contributed by atoms with Crippen LogP contribution in [0.5, 0.6) is 23.0 Å². The molecule has 0 radical (unpaired) electrons. The van der Waals surface area contributed by atoms with Crippen LogP contribution in [-0.4, -0.2) is 29.0 Å². The summed E-state index contributed by atoms with van der Waals surface area (Å²) < 4.78 is 18.1. The van der Waals surface area contributed by atoms with Gasteiger partial charge in [-0.2, -0.15) is 5.10 Å². The topological polar surface area (TPSA) is 104 Å². The predicted molar refractivity (Wildman–Crippen MR) is 123 cm³/mol. The second kappa shape index (κ2) is 7.66. The normalized spacial score (nSPS) is 11.1. The molecule has 0 bridgehead atoms. The van der Waals surface area contributed by atoms with Gasteiger partial charge < -0.3 is 24.9 Å². The maximum atomic E-state index is 12.8. The van der Waals surface area contributed by atoms with Crippen LogP contribution >= 0.6 is 0 Å². The number of hydrogen-bond donors (Lipinski definition) is 2. The number of pyridine rings is 1. The van der Waals surface area contributed by atoms with Crippen molar-refractivity contribution in [3.05, 3.63) is 77.1 Å². The Labute approximate surface area is 182 Å². The minimum absolute atomic E-state index is 0.245. The maximum Gasteiger partial charge on any atom is 0.261 e. The molecule has 0 saturated heterocycles. The van der Waals surface area contributed by atoms with E-state index in [4.69, 9.17) is 19.9 Å². The first-order valence-corrected chi connectivity index (χ1v) is 9.88. The van der Waals surface area contributed by atoms with E-state index in [1.54, 1.807) is 23.9 Å². The number of nitrogens with one attached hydrogen (secondary N) is 1. The maximum absolute atomic E-state index is 12.8. The molecule has 0 atom stereocenters. The SMILES string of the molecule is COc1cc2[nH]c(=O)c3c(N)n(-c4ccc(Oc5ccccc5)cc4)nc3c2cc1OC. The van der Waals surface area contributed by atoms with Crippen molar-refractivity contribution < 1.29 is 14.2 Å². The van der Waals surface area contributed by atoms with E-state index >= 15 is 0 Å². The number of para-hydroxylation sites is 1. The van der Waals surface area contributed by atoms with Crippen LogP contribution in [0.25, 0.3) is 27.5 Å². The van der Waals surface area contributed by atoms with Crippen LogP contribution in [0, 0.1) is 0 Å². The summed E-state index contributed by atoms with van der Waals surface area (Å²) in [6, 6.07) is 20.3. The van der Waals surface area contributed by atoms with Crippen molar-refractivity contribution in [2.24, 2.45) is 0 Å². The van der Waals surface area contributed by atoms with Gasteiger partial charge in [0, 0.05) is 11.5 Å². The summed E-state index contributed by atoms with van der Waals surface area (Å²) >= 11 is 0. The van der Waals surface area contributed by atoms with E-state index in [0.29, 0.717) is 44.7 Å². The molecule has 3 aromatic carbocycles. The minimum Gasteiger partial charge on any atom is -0.493 e. The molecule has 5 aromatic rings. The monoisotopic (exact) mass is 428 g/mol. The van der Waals surface area contributed by atoms with E-state index in [1.165, 1.54) is 7.11 Å². The quantitative estimate of drug-likeness (QED) is 0.433. The highest BCUT2D eigenvalue weighted by Gasteiger charge is 2.18. The molecule has 5 rings (SSSR count). The number of aromatic nitrogens is 3. The molecule has 2 aromatic heterocycles. The summed E-state index contributed by atoms with van der Waals surface area (Å²) in [5, 5.41) is 5.67. The largest absolute Gasteiger partial charge is 0.493 e. The summed E-state index contributed by atoms with van der Waals surface area (Å²) in [5.41, 5.74) is 7.78. The number of H-pyrrole nitrogens is 1. The molecule has 3 N–H and O–H groups in total. The molecule has 160 valence electrons. The molecule has 0 unspecified atom stereocenters.